The zero-order valence-electron chi connectivity index (χ0n) is 16.1. The molecule has 0 bridgehead atoms. The van der Waals surface area contributed by atoms with Gasteiger partial charge in [-0.3, -0.25) is 0 Å². The number of carboxylic acid groups (broad SMARTS) is 1. The summed E-state index contributed by atoms with van der Waals surface area (Å²) in [4.78, 5) is 15.3. The van der Waals surface area contributed by atoms with Crippen molar-refractivity contribution >= 4 is 17.3 Å². The molecule has 2 aliphatic heterocycles. The lowest BCUT2D eigenvalue weighted by atomic mass is 9.97. The summed E-state index contributed by atoms with van der Waals surface area (Å²) in [5.74, 6) is -1.07. The van der Waals surface area contributed by atoms with Crippen LogP contribution in [0.5, 0.6) is 5.75 Å². The molecule has 0 radical (unpaired) electrons. The van der Waals surface area contributed by atoms with Crippen molar-refractivity contribution < 1.29 is 23.4 Å². The molecule has 3 aliphatic rings. The maximum Gasteiger partial charge on any atom is 0.333 e. The number of benzene rings is 1. The van der Waals surface area contributed by atoms with Crippen molar-refractivity contribution in [2.75, 3.05) is 43.7 Å². The minimum absolute atomic E-state index is 0.145. The van der Waals surface area contributed by atoms with Gasteiger partial charge in [0.15, 0.2) is 11.6 Å². The number of anilines is 2. The molecule has 0 aromatic heterocycles. The number of methoxy groups -OCH3 is 1. The summed E-state index contributed by atoms with van der Waals surface area (Å²) in [6.45, 7) is 0.315. The molecule has 1 saturated heterocycles. The number of carboxylic acids is 1. The molecule has 0 spiro atoms. The number of alkyl halides is 1. The molecule has 2 heterocycles. The molecule has 0 unspecified atom stereocenters. The Hall–Kier alpha value is -2.35. The smallest absolute Gasteiger partial charge is 0.333 e. The van der Waals surface area contributed by atoms with Crippen molar-refractivity contribution in [3.63, 3.8) is 0 Å². The van der Waals surface area contributed by atoms with E-state index in [1.54, 1.807) is 13.2 Å². The Morgan fingerprint density at radius 1 is 1.43 bits per heavy atom. The van der Waals surface area contributed by atoms with Crippen LogP contribution in [0.2, 0.25) is 0 Å². The summed E-state index contributed by atoms with van der Waals surface area (Å²) in [5.41, 5.74) is 1.20. The molecule has 1 saturated carbocycles. The van der Waals surface area contributed by atoms with Crippen LogP contribution in [0, 0.1) is 5.82 Å². The number of halogens is 2. The van der Waals surface area contributed by atoms with Gasteiger partial charge in [0.25, 0.3) is 0 Å². The van der Waals surface area contributed by atoms with E-state index in [1.807, 2.05) is 9.80 Å². The van der Waals surface area contributed by atoms with Crippen LogP contribution in [0.15, 0.2) is 17.8 Å². The largest absolute Gasteiger partial charge is 0.492 e. The Morgan fingerprint density at radius 3 is 2.71 bits per heavy atom. The lowest BCUT2D eigenvalue weighted by molar-refractivity contribution is -0.132. The number of likely N-dealkylation sites (N-methyl/N-ethyl adjacent to an activating group) is 1. The highest BCUT2D eigenvalue weighted by atomic mass is 19.1. The number of ether oxygens (including phenoxy) is 1. The monoisotopic (exact) mass is 393 g/mol. The number of nitrogens with zero attached hydrogens (tertiary/aromatic N) is 2. The van der Waals surface area contributed by atoms with E-state index < -0.39 is 24.0 Å². The van der Waals surface area contributed by atoms with Gasteiger partial charge in [0.1, 0.15) is 12.4 Å². The van der Waals surface area contributed by atoms with E-state index in [2.05, 4.69) is 5.32 Å². The molecule has 1 aromatic rings. The fourth-order valence-electron chi connectivity index (χ4n) is 4.26. The summed E-state index contributed by atoms with van der Waals surface area (Å²) in [6.07, 6.45) is 4.26. The number of nitrogens with one attached hydrogen (secondary N) is 1. The third kappa shape index (κ3) is 2.99. The maximum atomic E-state index is 15.2. The average molecular weight is 393 g/mol. The van der Waals surface area contributed by atoms with Crippen LogP contribution in [0.3, 0.4) is 0 Å². The Kier molecular flexibility index (Phi) is 4.69. The summed E-state index contributed by atoms with van der Waals surface area (Å²) >= 11 is 0. The quantitative estimate of drug-likeness (QED) is 0.774. The molecule has 0 amide bonds. The zero-order chi connectivity index (χ0) is 20.1. The van der Waals surface area contributed by atoms with Crippen molar-refractivity contribution in [3.8, 4) is 5.75 Å². The Morgan fingerprint density at radius 2 is 2.18 bits per heavy atom. The minimum Gasteiger partial charge on any atom is -0.492 e. The first kappa shape index (κ1) is 19.0. The van der Waals surface area contributed by atoms with Crippen LogP contribution in [-0.2, 0) is 11.2 Å². The molecule has 152 valence electrons. The Balaban J connectivity index is 1.80. The van der Waals surface area contributed by atoms with E-state index in [-0.39, 0.29) is 18.0 Å². The SMILES string of the molecule is CN[C@@]1(CF)CCN(c2c(F)cc3c(c2OC)N(C2CC2)C=C(C(=O)O)C3)C1. The second kappa shape index (κ2) is 6.92. The second-order valence-electron chi connectivity index (χ2n) is 7.86. The fraction of sp³-hybridized carbons (Fsp3) is 0.550. The summed E-state index contributed by atoms with van der Waals surface area (Å²) in [5, 5.41) is 12.5. The lowest BCUT2D eigenvalue weighted by Gasteiger charge is -2.33. The summed E-state index contributed by atoms with van der Waals surface area (Å²) in [6, 6.07) is 1.61. The van der Waals surface area contributed by atoms with Gasteiger partial charge < -0.3 is 25.0 Å². The van der Waals surface area contributed by atoms with Gasteiger partial charge in [-0.2, -0.15) is 0 Å². The van der Waals surface area contributed by atoms with E-state index in [0.717, 1.165) is 18.5 Å². The lowest BCUT2D eigenvalue weighted by Crippen LogP contribution is -2.47. The van der Waals surface area contributed by atoms with Crippen molar-refractivity contribution in [2.24, 2.45) is 0 Å². The molecule has 4 rings (SSSR count). The van der Waals surface area contributed by atoms with Crippen molar-refractivity contribution in [1.29, 1.82) is 0 Å². The third-order valence-electron chi connectivity index (χ3n) is 6.07. The molecule has 28 heavy (non-hydrogen) atoms. The van der Waals surface area contributed by atoms with Gasteiger partial charge in [0.05, 0.1) is 23.9 Å². The van der Waals surface area contributed by atoms with Crippen molar-refractivity contribution in [3.05, 3.63) is 29.2 Å². The van der Waals surface area contributed by atoms with E-state index in [4.69, 9.17) is 4.74 Å². The number of aliphatic carboxylic acids is 1. The normalized spacial score (nSPS) is 24.2. The minimum atomic E-state index is -0.999. The maximum absolute atomic E-state index is 15.2. The van der Waals surface area contributed by atoms with Crippen LogP contribution in [0.4, 0.5) is 20.2 Å². The Bertz CT molecular complexity index is 834. The summed E-state index contributed by atoms with van der Waals surface area (Å²) < 4.78 is 34.5. The number of carbonyl (C=O) groups is 1. The first-order chi connectivity index (χ1) is 13.4. The number of hydrogen-bond donors (Lipinski definition) is 2. The van der Waals surface area contributed by atoms with Crippen LogP contribution >= 0.6 is 0 Å². The molecule has 6 nitrogen and oxygen atoms in total. The van der Waals surface area contributed by atoms with Crippen molar-refractivity contribution in [2.45, 2.75) is 37.3 Å². The standard InChI is InChI=1S/C20H25F2N3O3/c1-23-20(10-21)5-6-24(11-20)17-15(22)8-12-7-13(19(26)27)9-25(14-3-4-14)16(12)18(17)28-2/h8-9,14,23H,3-7,10-11H2,1-2H3,(H,26,27)/t20-/m1/s1. The average Bonchev–Trinajstić information content (AvgIpc) is 3.45. The molecule has 2 N–H and O–H groups in total. The topological polar surface area (TPSA) is 65.0 Å². The highest BCUT2D eigenvalue weighted by molar-refractivity contribution is 5.91. The summed E-state index contributed by atoms with van der Waals surface area (Å²) in [7, 11) is 3.22. The second-order valence-corrected chi connectivity index (χ2v) is 7.86. The molecule has 1 aliphatic carbocycles. The zero-order valence-corrected chi connectivity index (χ0v) is 16.1. The first-order valence-corrected chi connectivity index (χ1v) is 9.54. The molecule has 1 aromatic carbocycles. The van der Waals surface area contributed by atoms with Crippen LogP contribution < -0.4 is 19.9 Å². The Labute approximate surface area is 162 Å². The fourth-order valence-corrected chi connectivity index (χ4v) is 4.26. The molecule has 2 fully saturated rings. The van der Waals surface area contributed by atoms with Gasteiger partial charge in [-0.25, -0.2) is 13.6 Å². The number of hydrogen-bond acceptors (Lipinski definition) is 5. The third-order valence-corrected chi connectivity index (χ3v) is 6.07. The molecule has 8 heteroatoms. The van der Waals surface area contributed by atoms with Gasteiger partial charge >= 0.3 is 5.97 Å². The van der Waals surface area contributed by atoms with E-state index >= 15 is 4.39 Å². The van der Waals surface area contributed by atoms with Gasteiger partial charge in [0.2, 0.25) is 0 Å². The van der Waals surface area contributed by atoms with Crippen LogP contribution in [-0.4, -0.2) is 56.6 Å². The molecular formula is C20H25F2N3O3. The predicted octanol–water partition coefficient (Wildman–Crippen LogP) is 2.47. The van der Waals surface area contributed by atoms with Crippen LogP contribution in [0.1, 0.15) is 24.8 Å². The highest BCUT2D eigenvalue weighted by Crippen LogP contribution is 2.49. The predicted molar refractivity (Wildman–Crippen MR) is 102 cm³/mol. The van der Waals surface area contributed by atoms with E-state index in [9.17, 15) is 14.3 Å². The molecule has 1 atom stereocenters. The number of rotatable bonds is 6. The van der Waals surface area contributed by atoms with Crippen molar-refractivity contribution in [1.82, 2.24) is 5.32 Å². The molecular weight excluding hydrogens is 368 g/mol. The number of fused-ring (bicyclic) bond motifs is 1. The van der Waals surface area contributed by atoms with Gasteiger partial charge in [-0.15, -0.1) is 0 Å². The van der Waals surface area contributed by atoms with E-state index in [1.165, 1.54) is 13.2 Å². The highest BCUT2D eigenvalue weighted by Gasteiger charge is 2.41. The van der Waals surface area contributed by atoms with E-state index in [0.29, 0.717) is 36.5 Å². The first-order valence-electron chi connectivity index (χ1n) is 9.54. The van der Waals surface area contributed by atoms with Gasteiger partial charge in [-0.1, -0.05) is 0 Å². The van der Waals surface area contributed by atoms with Crippen LogP contribution in [0.25, 0.3) is 0 Å². The van der Waals surface area contributed by atoms with Gasteiger partial charge in [0, 0.05) is 31.8 Å². The van der Waals surface area contributed by atoms with Gasteiger partial charge in [-0.05, 0) is 37.9 Å².